The van der Waals surface area contributed by atoms with E-state index in [4.69, 9.17) is 4.52 Å². The van der Waals surface area contributed by atoms with Crippen LogP contribution >= 0.6 is 0 Å². The third-order valence-corrected chi connectivity index (χ3v) is 3.15. The molecule has 0 bridgehead atoms. The minimum atomic E-state index is -0.411. The predicted octanol–water partition coefficient (Wildman–Crippen LogP) is 2.24. The number of amides is 1. The van der Waals surface area contributed by atoms with E-state index in [1.807, 2.05) is 0 Å². The molecule has 0 unspecified atom stereocenters. The van der Waals surface area contributed by atoms with Gasteiger partial charge in [0.05, 0.1) is 5.56 Å². The zero-order chi connectivity index (χ0) is 16.1. The molecule has 23 heavy (non-hydrogen) atoms. The van der Waals surface area contributed by atoms with Crippen LogP contribution in [0.3, 0.4) is 0 Å². The van der Waals surface area contributed by atoms with Crippen LogP contribution in [0.2, 0.25) is 0 Å². The summed E-state index contributed by atoms with van der Waals surface area (Å²) in [5.41, 5.74) is 0.806. The van der Waals surface area contributed by atoms with Gasteiger partial charge in [0, 0.05) is 30.9 Å². The third kappa shape index (κ3) is 3.57. The van der Waals surface area contributed by atoms with Gasteiger partial charge in [0.2, 0.25) is 11.7 Å². The number of carbonyl (C=O) groups excluding carboxylic acids is 1. The van der Waals surface area contributed by atoms with E-state index < -0.39 is 5.82 Å². The Hall–Kier alpha value is -3.09. The smallest absolute Gasteiger partial charge is 0.251 e. The predicted molar refractivity (Wildman–Crippen MR) is 80.0 cm³/mol. The van der Waals surface area contributed by atoms with Crippen molar-refractivity contribution in [2.45, 2.75) is 6.42 Å². The van der Waals surface area contributed by atoms with Crippen molar-refractivity contribution in [3.63, 3.8) is 0 Å². The molecule has 0 aliphatic carbocycles. The maximum absolute atomic E-state index is 13.6. The molecule has 7 heteroatoms. The molecule has 0 radical (unpaired) electrons. The summed E-state index contributed by atoms with van der Waals surface area (Å²) in [6, 6.07) is 9.45. The topological polar surface area (TPSA) is 80.9 Å². The summed E-state index contributed by atoms with van der Waals surface area (Å²) in [5, 5.41) is 6.50. The second-order valence-corrected chi connectivity index (χ2v) is 4.73. The van der Waals surface area contributed by atoms with Crippen LogP contribution in [-0.2, 0) is 6.42 Å². The molecule has 1 N–H and O–H groups in total. The van der Waals surface area contributed by atoms with E-state index in [9.17, 15) is 9.18 Å². The van der Waals surface area contributed by atoms with Gasteiger partial charge in [0.25, 0.3) is 5.91 Å². The van der Waals surface area contributed by atoms with Crippen LogP contribution in [-0.4, -0.2) is 27.6 Å². The average Bonchev–Trinajstić information content (AvgIpc) is 3.04. The number of hydrogen-bond acceptors (Lipinski definition) is 5. The largest absolute Gasteiger partial charge is 0.352 e. The summed E-state index contributed by atoms with van der Waals surface area (Å²) in [7, 11) is 0. The highest BCUT2D eigenvalue weighted by molar-refractivity contribution is 5.93. The molecule has 0 fully saturated rings. The molecule has 0 spiro atoms. The van der Waals surface area contributed by atoms with Crippen molar-refractivity contribution in [1.29, 1.82) is 0 Å². The minimum absolute atomic E-state index is 0.193. The van der Waals surface area contributed by atoms with Gasteiger partial charge >= 0.3 is 0 Å². The van der Waals surface area contributed by atoms with Crippen LogP contribution in [0.1, 0.15) is 16.2 Å². The van der Waals surface area contributed by atoms with Crippen molar-refractivity contribution in [1.82, 2.24) is 20.4 Å². The summed E-state index contributed by atoms with van der Waals surface area (Å²) in [6.45, 7) is 0.333. The van der Waals surface area contributed by atoms with Gasteiger partial charge in [0.1, 0.15) is 5.82 Å². The van der Waals surface area contributed by atoms with Crippen LogP contribution in [0.4, 0.5) is 4.39 Å². The Morgan fingerprint density at radius 1 is 1.17 bits per heavy atom. The van der Waals surface area contributed by atoms with E-state index in [0.29, 0.717) is 24.4 Å². The first kappa shape index (κ1) is 14.8. The molecule has 1 aromatic carbocycles. The van der Waals surface area contributed by atoms with Gasteiger partial charge in [-0.3, -0.25) is 9.78 Å². The molecule has 2 heterocycles. The summed E-state index contributed by atoms with van der Waals surface area (Å²) in [5.74, 6) is -0.0936. The normalized spacial score (nSPS) is 10.5. The molecule has 0 atom stereocenters. The minimum Gasteiger partial charge on any atom is -0.352 e. The van der Waals surface area contributed by atoms with Crippen LogP contribution in [0.15, 0.2) is 53.3 Å². The fourth-order valence-electron chi connectivity index (χ4n) is 2.00. The number of halogens is 1. The Balaban J connectivity index is 1.58. The second kappa shape index (κ2) is 6.78. The van der Waals surface area contributed by atoms with Crippen molar-refractivity contribution >= 4 is 5.91 Å². The van der Waals surface area contributed by atoms with Gasteiger partial charge in [-0.1, -0.05) is 17.3 Å². The van der Waals surface area contributed by atoms with Crippen LogP contribution in [0.25, 0.3) is 11.4 Å². The van der Waals surface area contributed by atoms with Crippen molar-refractivity contribution < 1.29 is 13.7 Å². The lowest BCUT2D eigenvalue weighted by molar-refractivity contribution is 0.0953. The molecule has 0 saturated heterocycles. The van der Waals surface area contributed by atoms with Gasteiger partial charge in [-0.05, 0) is 24.3 Å². The van der Waals surface area contributed by atoms with E-state index in [1.165, 1.54) is 6.07 Å². The standard InChI is InChI=1S/C16H13FN4O2/c17-13-4-2-1-3-12(13)15-20-14(23-21-15)7-10-19-16(22)11-5-8-18-9-6-11/h1-6,8-9H,7,10H2,(H,19,22). The Morgan fingerprint density at radius 2 is 1.96 bits per heavy atom. The number of rotatable bonds is 5. The molecule has 116 valence electrons. The van der Waals surface area contributed by atoms with Crippen LogP contribution in [0, 0.1) is 5.82 Å². The van der Waals surface area contributed by atoms with Crippen molar-refractivity contribution in [3.05, 3.63) is 66.1 Å². The Labute approximate surface area is 131 Å². The number of benzene rings is 1. The first-order valence-corrected chi connectivity index (χ1v) is 7.00. The molecular formula is C16H13FN4O2. The molecule has 0 aliphatic rings. The number of nitrogens with one attached hydrogen (secondary N) is 1. The second-order valence-electron chi connectivity index (χ2n) is 4.73. The van der Waals surface area contributed by atoms with Crippen molar-refractivity contribution in [2.75, 3.05) is 6.54 Å². The molecule has 1 amide bonds. The summed E-state index contributed by atoms with van der Waals surface area (Å²) in [4.78, 5) is 19.8. The number of hydrogen-bond donors (Lipinski definition) is 1. The van der Waals surface area contributed by atoms with Gasteiger partial charge < -0.3 is 9.84 Å². The maximum Gasteiger partial charge on any atom is 0.251 e. The zero-order valence-corrected chi connectivity index (χ0v) is 12.1. The SMILES string of the molecule is O=C(NCCc1nc(-c2ccccc2F)no1)c1ccncc1. The Kier molecular flexibility index (Phi) is 4.37. The van der Waals surface area contributed by atoms with E-state index in [-0.39, 0.29) is 17.3 Å². The average molecular weight is 312 g/mol. The molecule has 6 nitrogen and oxygen atoms in total. The third-order valence-electron chi connectivity index (χ3n) is 3.15. The lowest BCUT2D eigenvalue weighted by Crippen LogP contribution is -2.25. The number of pyridine rings is 1. The summed E-state index contributed by atoms with van der Waals surface area (Å²) in [6.07, 6.45) is 3.46. The quantitative estimate of drug-likeness (QED) is 0.781. The van der Waals surface area contributed by atoms with E-state index in [2.05, 4.69) is 20.4 Å². The van der Waals surface area contributed by atoms with Crippen molar-refractivity contribution in [3.8, 4) is 11.4 Å². The van der Waals surface area contributed by atoms with Crippen LogP contribution < -0.4 is 5.32 Å². The number of aromatic nitrogens is 3. The molecule has 3 rings (SSSR count). The van der Waals surface area contributed by atoms with Gasteiger partial charge in [-0.25, -0.2) is 4.39 Å². The van der Waals surface area contributed by atoms with E-state index in [0.717, 1.165) is 0 Å². The maximum atomic E-state index is 13.6. The highest BCUT2D eigenvalue weighted by Crippen LogP contribution is 2.19. The fourth-order valence-corrected chi connectivity index (χ4v) is 2.00. The van der Waals surface area contributed by atoms with Gasteiger partial charge in [-0.15, -0.1) is 0 Å². The molecule has 2 aromatic heterocycles. The molecular weight excluding hydrogens is 299 g/mol. The first-order chi connectivity index (χ1) is 11.2. The Bertz CT molecular complexity index is 805. The highest BCUT2D eigenvalue weighted by atomic mass is 19.1. The lowest BCUT2D eigenvalue weighted by atomic mass is 10.2. The highest BCUT2D eigenvalue weighted by Gasteiger charge is 2.12. The molecule has 0 saturated carbocycles. The monoisotopic (exact) mass is 312 g/mol. The van der Waals surface area contributed by atoms with Gasteiger partial charge in [-0.2, -0.15) is 4.98 Å². The van der Waals surface area contributed by atoms with E-state index >= 15 is 0 Å². The fraction of sp³-hybridized carbons (Fsp3) is 0.125. The van der Waals surface area contributed by atoms with E-state index in [1.54, 1.807) is 42.7 Å². The summed E-state index contributed by atoms with van der Waals surface area (Å²) < 4.78 is 18.7. The van der Waals surface area contributed by atoms with Crippen LogP contribution in [0.5, 0.6) is 0 Å². The Morgan fingerprint density at radius 3 is 2.74 bits per heavy atom. The van der Waals surface area contributed by atoms with Crippen molar-refractivity contribution in [2.24, 2.45) is 0 Å². The molecule has 3 aromatic rings. The number of carbonyl (C=O) groups is 1. The number of nitrogens with zero attached hydrogens (tertiary/aromatic N) is 3. The lowest BCUT2D eigenvalue weighted by Gasteiger charge is -2.02. The zero-order valence-electron chi connectivity index (χ0n) is 12.1. The molecule has 0 aliphatic heterocycles. The van der Waals surface area contributed by atoms with Gasteiger partial charge in [0.15, 0.2) is 0 Å². The summed E-state index contributed by atoms with van der Waals surface area (Å²) >= 11 is 0. The first-order valence-electron chi connectivity index (χ1n) is 7.00.